The van der Waals surface area contributed by atoms with Gasteiger partial charge in [0.25, 0.3) is 5.91 Å². The smallest absolute Gasteiger partial charge is 0.339 e. The summed E-state index contributed by atoms with van der Waals surface area (Å²) in [4.78, 5) is 27.6. The van der Waals surface area contributed by atoms with Gasteiger partial charge in [0.05, 0.1) is 36.4 Å². The van der Waals surface area contributed by atoms with E-state index in [1.807, 2.05) is 0 Å². The van der Waals surface area contributed by atoms with Gasteiger partial charge in [0.2, 0.25) is 0 Å². The molecule has 0 unspecified atom stereocenters. The van der Waals surface area contributed by atoms with Gasteiger partial charge in [-0.3, -0.25) is 4.79 Å². The molecule has 34 heavy (non-hydrogen) atoms. The van der Waals surface area contributed by atoms with Gasteiger partial charge in [-0.15, -0.1) is 0 Å². The maximum absolute atomic E-state index is 14.8. The molecule has 3 aromatic rings. The van der Waals surface area contributed by atoms with Gasteiger partial charge in [0, 0.05) is 48.1 Å². The number of fused-ring (bicyclic) bond motifs is 3. The number of halogens is 3. The summed E-state index contributed by atoms with van der Waals surface area (Å²) in [5.41, 5.74) is -0.228. The van der Waals surface area contributed by atoms with Gasteiger partial charge >= 0.3 is 5.97 Å². The van der Waals surface area contributed by atoms with Gasteiger partial charge in [0.15, 0.2) is 5.67 Å². The van der Waals surface area contributed by atoms with Crippen LogP contribution in [0.2, 0.25) is 5.02 Å². The number of benzene rings is 2. The molecule has 0 bridgehead atoms. The zero-order valence-electron chi connectivity index (χ0n) is 18.2. The predicted molar refractivity (Wildman–Crippen MR) is 120 cm³/mol. The number of carbonyl (C=O) groups excluding carboxylic acids is 2. The average molecular weight is 487 g/mol. The SMILES string of the molecule is O=C1OC2(CCN(C(=O)c3cn(CC4(F)COC4)c4cc(Cl)ccc34)CC2)c2ccc(F)cc21. The number of ether oxygens (including phenoxy) is 2. The number of nitrogens with zero attached hydrogens (tertiary/aromatic N) is 2. The number of amides is 1. The van der Waals surface area contributed by atoms with Crippen molar-refractivity contribution in [1.82, 2.24) is 9.47 Å². The summed E-state index contributed by atoms with van der Waals surface area (Å²) in [6, 6.07) is 9.34. The number of carbonyl (C=O) groups is 2. The highest BCUT2D eigenvalue weighted by Gasteiger charge is 2.48. The molecule has 0 aliphatic carbocycles. The van der Waals surface area contributed by atoms with E-state index in [9.17, 15) is 18.4 Å². The van der Waals surface area contributed by atoms with Gasteiger partial charge in [-0.2, -0.15) is 0 Å². The van der Waals surface area contributed by atoms with Crippen molar-refractivity contribution in [2.45, 2.75) is 30.7 Å². The fourth-order valence-electron chi connectivity index (χ4n) is 5.27. The highest BCUT2D eigenvalue weighted by molar-refractivity contribution is 6.31. The summed E-state index contributed by atoms with van der Waals surface area (Å²) < 4.78 is 40.9. The summed E-state index contributed by atoms with van der Waals surface area (Å²) in [5, 5.41) is 1.20. The van der Waals surface area contributed by atoms with E-state index in [0.717, 1.165) is 0 Å². The normalized spacial score (nSPS) is 20.3. The third kappa shape index (κ3) is 3.31. The van der Waals surface area contributed by atoms with Gasteiger partial charge in [-0.05, 0) is 24.3 Å². The van der Waals surface area contributed by atoms with Crippen molar-refractivity contribution in [3.05, 3.63) is 70.1 Å². The molecule has 2 aromatic carbocycles. The van der Waals surface area contributed by atoms with Crippen molar-refractivity contribution in [2.24, 2.45) is 0 Å². The molecule has 9 heteroatoms. The standard InChI is InChI=1S/C25H21ClF2N2O4/c26-15-1-3-17-19(11-30(21(17)9-15)12-24(28)13-33-14-24)22(31)29-7-5-25(6-8-29)20-4-2-16(27)10-18(20)23(32)34-25/h1-4,9-11H,5-8,12-14H2. The van der Waals surface area contributed by atoms with Crippen LogP contribution < -0.4 is 0 Å². The zero-order valence-corrected chi connectivity index (χ0v) is 18.9. The Balaban J connectivity index is 1.27. The van der Waals surface area contributed by atoms with Crippen molar-refractivity contribution >= 4 is 34.4 Å². The van der Waals surface area contributed by atoms with Crippen LogP contribution in [-0.4, -0.2) is 53.3 Å². The van der Waals surface area contributed by atoms with Crippen LogP contribution >= 0.6 is 11.6 Å². The lowest BCUT2D eigenvalue weighted by Crippen LogP contribution is -2.48. The van der Waals surface area contributed by atoms with Crippen molar-refractivity contribution in [3.8, 4) is 0 Å². The summed E-state index contributed by atoms with van der Waals surface area (Å²) in [6.07, 6.45) is 2.51. The monoisotopic (exact) mass is 486 g/mol. The fraction of sp³-hybridized carbons (Fsp3) is 0.360. The lowest BCUT2D eigenvalue weighted by molar-refractivity contribution is -0.136. The summed E-state index contributed by atoms with van der Waals surface area (Å²) in [5.74, 6) is -1.20. The van der Waals surface area contributed by atoms with E-state index >= 15 is 0 Å². The molecular formula is C25H21ClF2N2O4. The van der Waals surface area contributed by atoms with Crippen molar-refractivity contribution in [2.75, 3.05) is 26.3 Å². The maximum Gasteiger partial charge on any atom is 0.339 e. The third-order valence-electron chi connectivity index (χ3n) is 7.09. The quantitative estimate of drug-likeness (QED) is 0.512. The van der Waals surface area contributed by atoms with E-state index in [4.69, 9.17) is 21.1 Å². The van der Waals surface area contributed by atoms with Crippen molar-refractivity contribution < 1.29 is 27.8 Å². The van der Waals surface area contributed by atoms with E-state index in [2.05, 4.69) is 0 Å². The highest BCUT2D eigenvalue weighted by atomic mass is 35.5. The molecule has 1 spiro atoms. The Morgan fingerprint density at radius 2 is 1.88 bits per heavy atom. The first-order chi connectivity index (χ1) is 16.3. The number of alkyl halides is 1. The van der Waals surface area contributed by atoms with Gasteiger partial charge in [0.1, 0.15) is 11.4 Å². The fourth-order valence-corrected chi connectivity index (χ4v) is 5.44. The van der Waals surface area contributed by atoms with E-state index in [-0.39, 0.29) is 31.2 Å². The number of rotatable bonds is 3. The lowest BCUT2D eigenvalue weighted by atomic mass is 9.83. The minimum Gasteiger partial charge on any atom is -0.450 e. The minimum atomic E-state index is -1.47. The van der Waals surface area contributed by atoms with Crippen LogP contribution in [-0.2, 0) is 21.6 Å². The Bertz CT molecular complexity index is 1340. The second kappa shape index (κ2) is 7.52. The van der Waals surface area contributed by atoms with E-state index in [0.29, 0.717) is 53.0 Å². The molecule has 0 atom stereocenters. The Morgan fingerprint density at radius 1 is 1.12 bits per heavy atom. The first-order valence-corrected chi connectivity index (χ1v) is 11.5. The molecule has 0 N–H and O–H groups in total. The Kier molecular flexibility index (Phi) is 4.76. The molecule has 1 aromatic heterocycles. The molecular weight excluding hydrogens is 466 g/mol. The Labute approximate surface area is 199 Å². The van der Waals surface area contributed by atoms with Crippen LogP contribution in [0.15, 0.2) is 42.6 Å². The number of aromatic nitrogens is 1. The van der Waals surface area contributed by atoms with Crippen molar-refractivity contribution in [1.29, 1.82) is 0 Å². The number of hydrogen-bond acceptors (Lipinski definition) is 4. The van der Waals surface area contributed by atoms with Crippen LogP contribution in [0, 0.1) is 5.82 Å². The van der Waals surface area contributed by atoms with Gasteiger partial charge < -0.3 is 18.9 Å². The van der Waals surface area contributed by atoms with E-state index in [1.54, 1.807) is 39.9 Å². The second-order valence-electron chi connectivity index (χ2n) is 9.34. The molecule has 176 valence electrons. The molecule has 0 saturated carbocycles. The zero-order chi connectivity index (χ0) is 23.7. The molecule has 6 rings (SSSR count). The summed E-state index contributed by atoms with van der Waals surface area (Å²) in [6.45, 7) is 0.849. The van der Waals surface area contributed by atoms with Crippen molar-refractivity contribution in [3.63, 3.8) is 0 Å². The second-order valence-corrected chi connectivity index (χ2v) is 9.78. The van der Waals surface area contributed by atoms with Gasteiger partial charge in [-0.25, -0.2) is 13.6 Å². The van der Waals surface area contributed by atoms with Crippen LogP contribution in [0.1, 0.15) is 39.1 Å². The summed E-state index contributed by atoms with van der Waals surface area (Å²) >= 11 is 6.19. The highest BCUT2D eigenvalue weighted by Crippen LogP contribution is 2.44. The number of piperidine rings is 1. The average Bonchev–Trinajstić information content (AvgIpc) is 3.27. The molecule has 0 radical (unpaired) electrons. The van der Waals surface area contributed by atoms with Gasteiger partial charge in [-0.1, -0.05) is 23.7 Å². The van der Waals surface area contributed by atoms with Crippen LogP contribution in [0.3, 0.4) is 0 Å². The molecule has 2 fully saturated rings. The first kappa shape index (κ1) is 21.6. The molecule has 6 nitrogen and oxygen atoms in total. The predicted octanol–water partition coefficient (Wildman–Crippen LogP) is 4.47. The third-order valence-corrected chi connectivity index (χ3v) is 7.32. The van der Waals surface area contributed by atoms with Crippen LogP contribution in [0.4, 0.5) is 8.78 Å². The maximum atomic E-state index is 14.8. The Morgan fingerprint density at radius 3 is 2.59 bits per heavy atom. The number of hydrogen-bond donors (Lipinski definition) is 0. The van der Waals surface area contributed by atoms with E-state index < -0.39 is 23.1 Å². The largest absolute Gasteiger partial charge is 0.450 e. The Hall–Kier alpha value is -2.97. The van der Waals surface area contributed by atoms with E-state index in [1.165, 1.54) is 12.1 Å². The first-order valence-electron chi connectivity index (χ1n) is 11.1. The molecule has 1 amide bonds. The number of esters is 1. The molecule has 2 saturated heterocycles. The summed E-state index contributed by atoms with van der Waals surface area (Å²) in [7, 11) is 0. The number of likely N-dealkylation sites (tertiary alicyclic amines) is 1. The molecule has 3 aliphatic heterocycles. The topological polar surface area (TPSA) is 60.8 Å². The van der Waals surface area contributed by atoms with Crippen LogP contribution in [0.5, 0.6) is 0 Å². The van der Waals surface area contributed by atoms with Crippen LogP contribution in [0.25, 0.3) is 10.9 Å². The lowest BCUT2D eigenvalue weighted by Gasteiger charge is -2.38. The molecule has 3 aliphatic rings. The minimum absolute atomic E-state index is 0.0226. The molecule has 4 heterocycles.